The number of phenols is 1. The number of carbonyl (C=O) groups excluding carboxylic acids is 3. The summed E-state index contributed by atoms with van der Waals surface area (Å²) < 4.78 is 17.2. The van der Waals surface area contributed by atoms with Gasteiger partial charge in [-0.1, -0.05) is 54.6 Å². The van der Waals surface area contributed by atoms with E-state index in [0.717, 1.165) is 5.56 Å². The molecule has 1 aliphatic heterocycles. The van der Waals surface area contributed by atoms with Crippen LogP contribution in [0.5, 0.6) is 17.2 Å². The second-order valence-corrected chi connectivity index (χ2v) is 13.1. The number of nitrogens with two attached hydrogens (primary N) is 2. The smallest absolute Gasteiger partial charge is 0.308 e. The molecule has 2 aliphatic rings. The molecule has 0 aromatic heterocycles. The van der Waals surface area contributed by atoms with E-state index in [2.05, 4.69) is 0 Å². The van der Waals surface area contributed by atoms with Crippen LogP contribution >= 0.6 is 0 Å². The van der Waals surface area contributed by atoms with Crippen LogP contribution in [0.3, 0.4) is 0 Å². The van der Waals surface area contributed by atoms with Crippen molar-refractivity contribution in [1.29, 1.82) is 0 Å². The maximum Gasteiger partial charge on any atom is 0.308 e. The molecule has 5 unspecified atom stereocenters. The molecule has 53 heavy (non-hydrogen) atoms. The van der Waals surface area contributed by atoms with E-state index in [-0.39, 0.29) is 57.9 Å². The zero-order valence-electron chi connectivity index (χ0n) is 28.9. The molecule has 1 fully saturated rings. The summed E-state index contributed by atoms with van der Waals surface area (Å²) in [5.74, 6) is -2.75. The average molecular weight is 725 g/mol. The number of phenolic OH excluding ortho intramolecular Hbond substituents is 1. The number of carbonyl (C=O) groups is 3. The Balaban J connectivity index is 1.51. The van der Waals surface area contributed by atoms with E-state index in [1.165, 1.54) is 32.0 Å². The minimum absolute atomic E-state index is 0.0131. The van der Waals surface area contributed by atoms with E-state index in [4.69, 9.17) is 25.7 Å². The van der Waals surface area contributed by atoms with Gasteiger partial charge in [-0.2, -0.15) is 0 Å². The Hall–Kier alpha value is -5.25. The molecule has 4 aromatic rings. The molecule has 0 bridgehead atoms. The molecule has 9 N–H and O–H groups in total. The molecular weight excluding hydrogens is 684 g/mol. The first-order valence-corrected chi connectivity index (χ1v) is 17.0. The Labute approximate surface area is 304 Å². The Bertz CT molecular complexity index is 2110. The maximum absolute atomic E-state index is 14.6. The molecule has 5 atom stereocenters. The van der Waals surface area contributed by atoms with Crippen LogP contribution in [0.25, 0.3) is 12.2 Å². The summed E-state index contributed by atoms with van der Waals surface area (Å²) in [6.07, 6.45) is -4.53. The van der Waals surface area contributed by atoms with Crippen molar-refractivity contribution in [2.24, 2.45) is 11.5 Å². The van der Waals surface area contributed by atoms with Crippen molar-refractivity contribution in [3.05, 3.63) is 122 Å². The molecule has 0 saturated carbocycles. The summed E-state index contributed by atoms with van der Waals surface area (Å²) in [5, 5.41) is 52.8. The molecule has 4 aromatic carbocycles. The molecule has 276 valence electrons. The number of esters is 1. The first-order valence-electron chi connectivity index (χ1n) is 17.0. The Morgan fingerprint density at radius 3 is 2.30 bits per heavy atom. The summed E-state index contributed by atoms with van der Waals surface area (Å²) in [4.78, 5) is 41.0. The first kappa shape index (κ1) is 37.5. The van der Waals surface area contributed by atoms with E-state index >= 15 is 0 Å². The lowest BCUT2D eigenvalue weighted by molar-refractivity contribution is -0.268. The number of aliphatic hydroxyl groups is 4. The van der Waals surface area contributed by atoms with Gasteiger partial charge in [-0.3, -0.25) is 14.4 Å². The monoisotopic (exact) mass is 724 g/mol. The third kappa shape index (κ3) is 7.50. The van der Waals surface area contributed by atoms with Crippen molar-refractivity contribution in [3.63, 3.8) is 0 Å². The van der Waals surface area contributed by atoms with Gasteiger partial charge >= 0.3 is 5.97 Å². The number of aliphatic hydroxyl groups excluding tert-OH is 4. The van der Waals surface area contributed by atoms with Crippen LogP contribution in [0.1, 0.15) is 85.2 Å². The lowest BCUT2D eigenvalue weighted by Crippen LogP contribution is -2.58. The number of ketones is 2. The minimum atomic E-state index is -1.73. The zero-order valence-corrected chi connectivity index (χ0v) is 28.9. The topological polar surface area (TPSA) is 232 Å². The number of benzene rings is 4. The normalized spacial score (nSPS) is 21.1. The SMILES string of the molecule is CC(=O)Oc1ccc2c(c1C=Cc1cccc(CCO)c1)C(=O)c1cc(OC3OC(C)C(O)C(O)C3O)c(Cc3cccc(C(N)N)c3)c(O)c1C2=O. The van der Waals surface area contributed by atoms with Crippen molar-refractivity contribution >= 4 is 29.7 Å². The highest BCUT2D eigenvalue weighted by atomic mass is 16.7. The van der Waals surface area contributed by atoms with E-state index in [0.29, 0.717) is 23.1 Å². The van der Waals surface area contributed by atoms with Gasteiger partial charge in [-0.05, 0) is 59.9 Å². The number of hydrogen-bond donors (Lipinski definition) is 7. The van der Waals surface area contributed by atoms with Crippen molar-refractivity contribution in [2.75, 3.05) is 6.61 Å². The molecule has 0 spiro atoms. The maximum atomic E-state index is 14.6. The van der Waals surface area contributed by atoms with Gasteiger partial charge in [0.2, 0.25) is 6.29 Å². The van der Waals surface area contributed by atoms with E-state index in [9.17, 15) is 39.9 Å². The highest BCUT2D eigenvalue weighted by molar-refractivity contribution is 6.31. The summed E-state index contributed by atoms with van der Waals surface area (Å²) in [5.41, 5.74) is 14.1. The fraction of sp³-hybridized carbons (Fsp3) is 0.275. The second kappa shape index (κ2) is 15.4. The molecule has 1 aliphatic carbocycles. The van der Waals surface area contributed by atoms with Crippen molar-refractivity contribution in [2.45, 2.75) is 63.6 Å². The van der Waals surface area contributed by atoms with Crippen LogP contribution in [0.15, 0.2) is 66.7 Å². The van der Waals surface area contributed by atoms with Crippen molar-refractivity contribution < 1.29 is 54.1 Å². The van der Waals surface area contributed by atoms with Gasteiger partial charge in [-0.25, -0.2) is 0 Å². The van der Waals surface area contributed by atoms with Crippen molar-refractivity contribution in [3.8, 4) is 17.2 Å². The predicted molar refractivity (Wildman–Crippen MR) is 192 cm³/mol. The standard InChI is InChI=1S/C40H40N2O11/c1-19-33(45)37(49)38(50)40(51-19)53-30-18-28-32(35(47)27(30)17-23-7-4-8-24(16-23)39(41)42)34(46)26-11-12-29(52-20(2)44)25(31(26)36(28)48)10-9-21-5-3-6-22(15-21)13-14-43/h3-12,15-16,18-19,33,37-40,43,45,47,49-50H,13-14,17,41-42H2,1-2H3. The minimum Gasteiger partial charge on any atom is -0.507 e. The Morgan fingerprint density at radius 1 is 0.868 bits per heavy atom. The van der Waals surface area contributed by atoms with Crippen LogP contribution < -0.4 is 20.9 Å². The summed E-state index contributed by atoms with van der Waals surface area (Å²) in [6, 6.07) is 18.2. The van der Waals surface area contributed by atoms with Crippen LogP contribution in [0.2, 0.25) is 0 Å². The first-order chi connectivity index (χ1) is 25.3. The van der Waals surface area contributed by atoms with Gasteiger partial charge in [0.1, 0.15) is 35.6 Å². The molecule has 0 amide bonds. The van der Waals surface area contributed by atoms with Gasteiger partial charge in [0.05, 0.1) is 17.8 Å². The van der Waals surface area contributed by atoms with Crippen molar-refractivity contribution in [1.82, 2.24) is 0 Å². The molecule has 1 saturated heterocycles. The molecule has 0 radical (unpaired) electrons. The lowest BCUT2D eigenvalue weighted by atomic mass is 9.79. The third-order valence-electron chi connectivity index (χ3n) is 9.33. The van der Waals surface area contributed by atoms with Crippen LogP contribution in [-0.4, -0.2) is 80.4 Å². The largest absolute Gasteiger partial charge is 0.507 e. The lowest BCUT2D eigenvalue weighted by Gasteiger charge is -2.39. The van der Waals surface area contributed by atoms with Crippen LogP contribution in [0, 0.1) is 0 Å². The predicted octanol–water partition coefficient (Wildman–Crippen LogP) is 2.51. The summed E-state index contributed by atoms with van der Waals surface area (Å²) in [7, 11) is 0. The Kier molecular flexibility index (Phi) is 10.9. The summed E-state index contributed by atoms with van der Waals surface area (Å²) >= 11 is 0. The van der Waals surface area contributed by atoms with Gasteiger partial charge in [0.15, 0.2) is 11.6 Å². The second-order valence-electron chi connectivity index (χ2n) is 13.1. The third-order valence-corrected chi connectivity index (χ3v) is 9.33. The van der Waals surface area contributed by atoms with E-state index in [1.54, 1.807) is 48.6 Å². The van der Waals surface area contributed by atoms with Gasteiger partial charge < -0.3 is 51.2 Å². The zero-order chi connectivity index (χ0) is 38.1. The summed E-state index contributed by atoms with van der Waals surface area (Å²) in [6.45, 7) is 2.63. The molecule has 13 nitrogen and oxygen atoms in total. The number of aromatic hydroxyl groups is 1. The fourth-order valence-corrected chi connectivity index (χ4v) is 6.59. The number of fused-ring (bicyclic) bond motifs is 2. The number of rotatable bonds is 10. The quantitative estimate of drug-likeness (QED) is 0.0476. The molecule has 13 heteroatoms. The van der Waals surface area contributed by atoms with Gasteiger partial charge in [0, 0.05) is 47.8 Å². The average Bonchev–Trinajstić information content (AvgIpc) is 3.12. The Morgan fingerprint density at radius 2 is 1.58 bits per heavy atom. The highest BCUT2D eigenvalue weighted by Gasteiger charge is 2.44. The van der Waals surface area contributed by atoms with Crippen LogP contribution in [0.4, 0.5) is 0 Å². The van der Waals surface area contributed by atoms with E-state index < -0.39 is 60.2 Å². The number of ether oxygens (including phenoxy) is 3. The fourth-order valence-electron chi connectivity index (χ4n) is 6.59. The molecule has 6 rings (SSSR count). The van der Waals surface area contributed by atoms with Gasteiger partial charge in [0.25, 0.3) is 0 Å². The number of hydrogen-bond acceptors (Lipinski definition) is 13. The van der Waals surface area contributed by atoms with Gasteiger partial charge in [-0.15, -0.1) is 0 Å². The van der Waals surface area contributed by atoms with Crippen LogP contribution in [-0.2, 0) is 22.4 Å². The highest BCUT2D eigenvalue weighted by Crippen LogP contribution is 2.44. The molecular formula is C40H40N2O11. The van der Waals surface area contributed by atoms with E-state index in [1.807, 2.05) is 12.1 Å². The molecule has 1 heterocycles.